The first-order valence-corrected chi connectivity index (χ1v) is 4.93. The Morgan fingerprint density at radius 1 is 1.12 bits per heavy atom. The molecule has 0 amide bonds. The standard InChI is InChI=1S/C12H13FN2O/c1-14-7-8-15(2)12(14)11(16)9-5-3-4-6-10(9)13/h3-8,16H,1-2H3. The van der Waals surface area contributed by atoms with Crippen LogP contribution in [0, 0.1) is 5.82 Å². The second-order valence-corrected chi connectivity index (χ2v) is 3.67. The predicted molar refractivity (Wildman–Crippen MR) is 60.6 cm³/mol. The van der Waals surface area contributed by atoms with Crippen LogP contribution in [0.2, 0.25) is 0 Å². The van der Waals surface area contributed by atoms with Gasteiger partial charge in [-0.25, -0.2) is 4.39 Å². The highest BCUT2D eigenvalue weighted by atomic mass is 19.1. The second-order valence-electron chi connectivity index (χ2n) is 3.67. The molecular weight excluding hydrogens is 207 g/mol. The zero-order valence-electron chi connectivity index (χ0n) is 9.18. The fourth-order valence-corrected chi connectivity index (χ4v) is 1.70. The number of aliphatic hydroxyl groups is 1. The molecule has 0 bridgehead atoms. The minimum absolute atomic E-state index is 0.0619. The van der Waals surface area contributed by atoms with Gasteiger partial charge in [0.25, 0.3) is 0 Å². The van der Waals surface area contributed by atoms with E-state index in [4.69, 9.17) is 0 Å². The molecule has 1 aliphatic heterocycles. The number of halogens is 1. The van der Waals surface area contributed by atoms with E-state index < -0.39 is 5.82 Å². The number of hydrogen-bond acceptors (Lipinski definition) is 3. The lowest BCUT2D eigenvalue weighted by atomic mass is 10.1. The van der Waals surface area contributed by atoms with Crippen LogP contribution in [0.25, 0.3) is 5.76 Å². The molecule has 1 aromatic rings. The highest BCUT2D eigenvalue weighted by molar-refractivity contribution is 5.62. The van der Waals surface area contributed by atoms with Gasteiger partial charge < -0.3 is 14.9 Å². The molecule has 0 fully saturated rings. The summed E-state index contributed by atoms with van der Waals surface area (Å²) in [5.41, 5.74) is 0.208. The molecule has 0 saturated heterocycles. The van der Waals surface area contributed by atoms with Crippen molar-refractivity contribution < 1.29 is 9.50 Å². The van der Waals surface area contributed by atoms with Crippen LogP contribution in [0.4, 0.5) is 4.39 Å². The second kappa shape index (κ2) is 3.89. The topological polar surface area (TPSA) is 26.7 Å². The summed E-state index contributed by atoms with van der Waals surface area (Å²) in [4.78, 5) is 3.48. The monoisotopic (exact) mass is 220 g/mol. The molecule has 0 aromatic heterocycles. The first kappa shape index (κ1) is 10.5. The summed E-state index contributed by atoms with van der Waals surface area (Å²) in [6.45, 7) is 0. The Kier molecular flexibility index (Phi) is 2.56. The average molecular weight is 220 g/mol. The van der Waals surface area contributed by atoms with Crippen molar-refractivity contribution >= 4 is 5.76 Å². The van der Waals surface area contributed by atoms with Crippen molar-refractivity contribution in [3.8, 4) is 0 Å². The van der Waals surface area contributed by atoms with Crippen LogP contribution in [0.3, 0.4) is 0 Å². The van der Waals surface area contributed by atoms with Crippen molar-refractivity contribution in [1.82, 2.24) is 9.80 Å². The van der Waals surface area contributed by atoms with Gasteiger partial charge in [-0.3, -0.25) is 0 Å². The number of nitrogens with zero attached hydrogens (tertiary/aromatic N) is 2. The Morgan fingerprint density at radius 2 is 1.69 bits per heavy atom. The van der Waals surface area contributed by atoms with E-state index in [1.165, 1.54) is 6.07 Å². The molecule has 0 unspecified atom stereocenters. The Balaban J connectivity index is 2.49. The van der Waals surface area contributed by atoms with Crippen LogP contribution >= 0.6 is 0 Å². The predicted octanol–water partition coefficient (Wildman–Crippen LogP) is 2.36. The lowest BCUT2D eigenvalue weighted by molar-refractivity contribution is 0.401. The third-order valence-electron chi connectivity index (χ3n) is 2.52. The molecule has 0 saturated carbocycles. The van der Waals surface area contributed by atoms with E-state index in [2.05, 4.69) is 0 Å². The summed E-state index contributed by atoms with van der Waals surface area (Å²) in [5, 5.41) is 10.1. The van der Waals surface area contributed by atoms with Gasteiger partial charge in [-0.15, -0.1) is 0 Å². The average Bonchev–Trinajstić information content (AvgIpc) is 2.58. The zero-order chi connectivity index (χ0) is 11.7. The molecular formula is C12H13FN2O. The molecule has 1 aromatic carbocycles. The lowest BCUT2D eigenvalue weighted by Crippen LogP contribution is -2.18. The highest BCUT2D eigenvalue weighted by Gasteiger charge is 2.20. The van der Waals surface area contributed by atoms with Crippen LogP contribution in [0.15, 0.2) is 42.5 Å². The number of hydrogen-bond donors (Lipinski definition) is 1. The molecule has 0 atom stereocenters. The van der Waals surface area contributed by atoms with Gasteiger partial charge in [0.15, 0.2) is 11.6 Å². The van der Waals surface area contributed by atoms with Crippen molar-refractivity contribution in [1.29, 1.82) is 0 Å². The first-order chi connectivity index (χ1) is 7.61. The largest absolute Gasteiger partial charge is 0.504 e. The summed E-state index contributed by atoms with van der Waals surface area (Å²) in [6.07, 6.45) is 3.60. The maximum atomic E-state index is 13.5. The maximum absolute atomic E-state index is 13.5. The zero-order valence-corrected chi connectivity index (χ0v) is 9.18. The normalized spacial score (nSPS) is 14.8. The molecule has 16 heavy (non-hydrogen) atoms. The first-order valence-electron chi connectivity index (χ1n) is 4.93. The van der Waals surface area contributed by atoms with Gasteiger partial charge in [-0.1, -0.05) is 12.1 Å². The third kappa shape index (κ3) is 1.62. The van der Waals surface area contributed by atoms with Gasteiger partial charge in [-0.05, 0) is 12.1 Å². The van der Waals surface area contributed by atoms with Gasteiger partial charge in [0.05, 0.1) is 5.56 Å². The highest BCUT2D eigenvalue weighted by Crippen LogP contribution is 2.25. The van der Waals surface area contributed by atoms with Crippen molar-refractivity contribution in [3.05, 3.63) is 53.9 Å². The smallest absolute Gasteiger partial charge is 0.167 e. The Morgan fingerprint density at radius 3 is 2.25 bits per heavy atom. The molecule has 84 valence electrons. The van der Waals surface area contributed by atoms with Crippen LogP contribution in [-0.2, 0) is 0 Å². The van der Waals surface area contributed by atoms with Gasteiger partial charge in [0.1, 0.15) is 5.82 Å². The summed E-state index contributed by atoms with van der Waals surface area (Å²) in [5.74, 6) is 0.0689. The van der Waals surface area contributed by atoms with E-state index in [0.29, 0.717) is 5.82 Å². The fourth-order valence-electron chi connectivity index (χ4n) is 1.70. The lowest BCUT2D eigenvalue weighted by Gasteiger charge is -2.19. The number of aliphatic hydroxyl groups excluding tert-OH is 1. The van der Waals surface area contributed by atoms with Crippen LogP contribution in [0.1, 0.15) is 5.56 Å². The molecule has 4 heteroatoms. The summed E-state index contributed by atoms with van der Waals surface area (Å²) >= 11 is 0. The third-order valence-corrected chi connectivity index (χ3v) is 2.52. The van der Waals surface area contributed by atoms with Gasteiger partial charge in [0, 0.05) is 26.5 Å². The van der Waals surface area contributed by atoms with E-state index >= 15 is 0 Å². The van der Waals surface area contributed by atoms with E-state index in [0.717, 1.165) is 0 Å². The van der Waals surface area contributed by atoms with E-state index in [-0.39, 0.29) is 11.3 Å². The SMILES string of the molecule is CN1C=CN(C)C1=C(O)c1ccccc1F. The van der Waals surface area contributed by atoms with Crippen LogP contribution in [-0.4, -0.2) is 29.0 Å². The van der Waals surface area contributed by atoms with Gasteiger partial charge in [-0.2, -0.15) is 0 Å². The van der Waals surface area contributed by atoms with Crippen molar-refractivity contribution in [2.75, 3.05) is 14.1 Å². The molecule has 0 spiro atoms. The molecule has 2 rings (SSSR count). The van der Waals surface area contributed by atoms with Gasteiger partial charge >= 0.3 is 0 Å². The van der Waals surface area contributed by atoms with Gasteiger partial charge in [0.2, 0.25) is 0 Å². The van der Waals surface area contributed by atoms with E-state index in [1.807, 2.05) is 0 Å². The van der Waals surface area contributed by atoms with Crippen LogP contribution in [0.5, 0.6) is 0 Å². The maximum Gasteiger partial charge on any atom is 0.167 e. The summed E-state index contributed by atoms with van der Waals surface area (Å²) in [6, 6.07) is 6.17. The van der Waals surface area contributed by atoms with Crippen LogP contribution < -0.4 is 0 Å². The minimum Gasteiger partial charge on any atom is -0.504 e. The Bertz CT molecular complexity index is 454. The summed E-state index contributed by atoms with van der Waals surface area (Å²) < 4.78 is 13.5. The molecule has 3 nitrogen and oxygen atoms in total. The Labute approximate surface area is 93.7 Å². The molecule has 1 N–H and O–H groups in total. The van der Waals surface area contributed by atoms with E-state index in [9.17, 15) is 9.50 Å². The fraction of sp³-hybridized carbons (Fsp3) is 0.167. The summed E-state index contributed by atoms with van der Waals surface area (Å²) in [7, 11) is 3.60. The molecule has 0 radical (unpaired) electrons. The quantitative estimate of drug-likeness (QED) is 0.736. The minimum atomic E-state index is -0.429. The Hall–Kier alpha value is -1.97. The molecule has 0 aliphatic carbocycles. The van der Waals surface area contributed by atoms with Crippen molar-refractivity contribution in [2.24, 2.45) is 0 Å². The van der Waals surface area contributed by atoms with Crippen molar-refractivity contribution in [3.63, 3.8) is 0 Å². The van der Waals surface area contributed by atoms with E-state index in [1.54, 1.807) is 54.5 Å². The number of rotatable bonds is 1. The molecule has 1 heterocycles. The van der Waals surface area contributed by atoms with Crippen molar-refractivity contribution in [2.45, 2.75) is 0 Å². The molecule has 1 aliphatic rings. The number of benzene rings is 1.